The number of aliphatic hydroxyl groups is 1. The van der Waals surface area contributed by atoms with Crippen molar-refractivity contribution in [1.29, 1.82) is 0 Å². The fourth-order valence-electron chi connectivity index (χ4n) is 1.79. The van der Waals surface area contributed by atoms with Gasteiger partial charge in [-0.2, -0.15) is 0 Å². The fraction of sp³-hybridized carbons (Fsp3) is 0.286. The van der Waals surface area contributed by atoms with Crippen molar-refractivity contribution in [1.82, 2.24) is 0 Å². The van der Waals surface area contributed by atoms with Gasteiger partial charge in [0.05, 0.1) is 6.10 Å². The van der Waals surface area contributed by atoms with Gasteiger partial charge in [-0.05, 0) is 30.7 Å². The highest BCUT2D eigenvalue weighted by Gasteiger charge is 2.14. The van der Waals surface area contributed by atoms with Crippen molar-refractivity contribution in [3.8, 4) is 0 Å². The summed E-state index contributed by atoms with van der Waals surface area (Å²) in [6.07, 6.45) is 0.665. The molecular weight excluding hydrogens is 315 g/mol. The first-order chi connectivity index (χ1) is 8.60. The second-order valence-corrected chi connectivity index (χ2v) is 6.28. The summed E-state index contributed by atoms with van der Waals surface area (Å²) >= 11 is 4.88. The topological polar surface area (TPSA) is 20.2 Å². The van der Waals surface area contributed by atoms with E-state index in [9.17, 15) is 9.50 Å². The summed E-state index contributed by atoms with van der Waals surface area (Å²) in [7, 11) is 0. The third-order valence-electron chi connectivity index (χ3n) is 2.78. The van der Waals surface area contributed by atoms with Gasteiger partial charge in [-0.15, -0.1) is 11.3 Å². The van der Waals surface area contributed by atoms with Crippen LogP contribution in [0.5, 0.6) is 0 Å². The largest absolute Gasteiger partial charge is 0.388 e. The standard InChI is InChI=1S/C14H14BrFOS/c1-2-10-4-5-11(18-10)8-14(17)12-6-3-9(15)7-13(12)16/h3-7,14,17H,2,8H2,1H3. The van der Waals surface area contributed by atoms with Crippen LogP contribution in [0.15, 0.2) is 34.8 Å². The van der Waals surface area contributed by atoms with Crippen molar-refractivity contribution in [2.45, 2.75) is 25.9 Å². The van der Waals surface area contributed by atoms with Gasteiger partial charge in [-0.1, -0.05) is 28.9 Å². The molecule has 1 aromatic carbocycles. The summed E-state index contributed by atoms with van der Waals surface area (Å²) in [6, 6.07) is 8.81. The van der Waals surface area contributed by atoms with E-state index in [4.69, 9.17) is 0 Å². The zero-order chi connectivity index (χ0) is 13.1. The quantitative estimate of drug-likeness (QED) is 0.876. The summed E-state index contributed by atoms with van der Waals surface area (Å²) < 4.78 is 14.4. The van der Waals surface area contributed by atoms with E-state index >= 15 is 0 Å². The molecule has 0 aliphatic carbocycles. The third kappa shape index (κ3) is 3.19. The SMILES string of the molecule is CCc1ccc(CC(O)c2ccc(Br)cc2F)s1. The minimum Gasteiger partial charge on any atom is -0.388 e. The van der Waals surface area contributed by atoms with Gasteiger partial charge in [0.1, 0.15) is 5.82 Å². The van der Waals surface area contributed by atoms with Gasteiger partial charge in [-0.25, -0.2) is 4.39 Å². The average Bonchev–Trinajstić information content (AvgIpc) is 2.76. The van der Waals surface area contributed by atoms with Crippen LogP contribution in [0, 0.1) is 5.82 Å². The maximum atomic E-state index is 13.7. The van der Waals surface area contributed by atoms with E-state index in [1.54, 1.807) is 23.5 Å². The predicted octanol–water partition coefficient (Wildman–Crippen LogP) is 4.49. The smallest absolute Gasteiger partial charge is 0.130 e. The predicted molar refractivity (Wildman–Crippen MR) is 76.5 cm³/mol. The Labute approximate surface area is 118 Å². The summed E-state index contributed by atoms with van der Waals surface area (Å²) in [5.74, 6) is -0.371. The first-order valence-electron chi connectivity index (χ1n) is 5.80. The molecule has 2 rings (SSSR count). The van der Waals surface area contributed by atoms with Crippen molar-refractivity contribution in [2.24, 2.45) is 0 Å². The van der Waals surface area contributed by atoms with Crippen LogP contribution in [0.2, 0.25) is 0 Å². The van der Waals surface area contributed by atoms with E-state index in [0.29, 0.717) is 16.5 Å². The summed E-state index contributed by atoms with van der Waals surface area (Å²) in [6.45, 7) is 2.10. The maximum Gasteiger partial charge on any atom is 0.130 e. The van der Waals surface area contributed by atoms with E-state index in [1.165, 1.54) is 10.9 Å². The fourth-order valence-corrected chi connectivity index (χ4v) is 3.12. The average molecular weight is 329 g/mol. The summed E-state index contributed by atoms with van der Waals surface area (Å²) in [4.78, 5) is 2.37. The number of aryl methyl sites for hydroxylation is 1. The Kier molecular flexibility index (Phi) is 4.54. The molecule has 0 spiro atoms. The highest BCUT2D eigenvalue weighted by atomic mass is 79.9. The minimum absolute atomic E-state index is 0.352. The molecule has 0 saturated heterocycles. The molecule has 0 radical (unpaired) electrons. The summed E-state index contributed by atoms with van der Waals surface area (Å²) in [5.41, 5.74) is 0.352. The molecule has 0 fully saturated rings. The van der Waals surface area contributed by atoms with Crippen LogP contribution < -0.4 is 0 Å². The number of aliphatic hydroxyl groups excluding tert-OH is 1. The molecule has 4 heteroatoms. The number of thiophene rings is 1. The normalized spacial score (nSPS) is 12.7. The van der Waals surface area contributed by atoms with Crippen LogP contribution in [0.25, 0.3) is 0 Å². The second kappa shape index (κ2) is 5.95. The van der Waals surface area contributed by atoms with Crippen molar-refractivity contribution >= 4 is 27.3 Å². The molecule has 0 aliphatic heterocycles. The van der Waals surface area contributed by atoms with Gasteiger partial charge < -0.3 is 5.11 Å². The molecule has 2 aromatic rings. The lowest BCUT2D eigenvalue weighted by Gasteiger charge is -2.11. The Morgan fingerprint density at radius 2 is 2.00 bits per heavy atom. The van der Waals surface area contributed by atoms with Gasteiger partial charge in [-0.3, -0.25) is 0 Å². The van der Waals surface area contributed by atoms with Crippen molar-refractivity contribution < 1.29 is 9.50 Å². The lowest BCUT2D eigenvalue weighted by Crippen LogP contribution is -2.03. The zero-order valence-corrected chi connectivity index (χ0v) is 12.4. The molecule has 18 heavy (non-hydrogen) atoms. The van der Waals surface area contributed by atoms with Crippen LogP contribution >= 0.6 is 27.3 Å². The number of rotatable bonds is 4. The van der Waals surface area contributed by atoms with Crippen LogP contribution in [0.1, 0.15) is 28.3 Å². The second-order valence-electron chi connectivity index (χ2n) is 4.11. The number of benzene rings is 1. The molecule has 96 valence electrons. The lowest BCUT2D eigenvalue weighted by molar-refractivity contribution is 0.174. The maximum absolute atomic E-state index is 13.7. The number of hydrogen-bond donors (Lipinski definition) is 1. The van der Waals surface area contributed by atoms with Gasteiger partial charge in [0.15, 0.2) is 0 Å². The Hall–Kier alpha value is -0.710. The van der Waals surface area contributed by atoms with Gasteiger partial charge in [0, 0.05) is 26.2 Å². The highest BCUT2D eigenvalue weighted by molar-refractivity contribution is 9.10. The lowest BCUT2D eigenvalue weighted by atomic mass is 10.1. The van der Waals surface area contributed by atoms with Gasteiger partial charge in [0.25, 0.3) is 0 Å². The van der Waals surface area contributed by atoms with Crippen molar-refractivity contribution in [3.63, 3.8) is 0 Å². The Bertz CT molecular complexity index is 538. The van der Waals surface area contributed by atoms with Gasteiger partial charge in [0.2, 0.25) is 0 Å². The molecule has 0 bridgehead atoms. The van der Waals surface area contributed by atoms with Crippen LogP contribution in [-0.2, 0) is 12.8 Å². The van der Waals surface area contributed by atoms with E-state index in [2.05, 4.69) is 28.9 Å². The van der Waals surface area contributed by atoms with Crippen LogP contribution in [-0.4, -0.2) is 5.11 Å². The molecule has 1 heterocycles. The molecule has 0 saturated carbocycles. The van der Waals surface area contributed by atoms with Crippen molar-refractivity contribution in [2.75, 3.05) is 0 Å². The molecule has 1 atom stereocenters. The minimum atomic E-state index is -0.790. The van der Waals surface area contributed by atoms with Gasteiger partial charge >= 0.3 is 0 Å². The first-order valence-corrected chi connectivity index (χ1v) is 7.41. The zero-order valence-electron chi connectivity index (χ0n) is 9.99. The summed E-state index contributed by atoms with van der Waals surface area (Å²) in [5, 5.41) is 10.1. The molecule has 0 aliphatic rings. The van der Waals surface area contributed by atoms with Crippen LogP contribution in [0.3, 0.4) is 0 Å². The Morgan fingerprint density at radius 1 is 1.28 bits per heavy atom. The van der Waals surface area contributed by atoms with E-state index in [-0.39, 0.29) is 5.82 Å². The number of halogens is 2. The van der Waals surface area contributed by atoms with E-state index in [1.807, 2.05) is 6.07 Å². The molecule has 0 amide bonds. The van der Waals surface area contributed by atoms with Crippen molar-refractivity contribution in [3.05, 3.63) is 55.9 Å². The monoisotopic (exact) mass is 328 g/mol. The molecule has 1 nitrogen and oxygen atoms in total. The molecule has 1 unspecified atom stereocenters. The molecule has 1 aromatic heterocycles. The highest BCUT2D eigenvalue weighted by Crippen LogP contribution is 2.27. The van der Waals surface area contributed by atoms with E-state index < -0.39 is 6.10 Å². The molecule has 1 N–H and O–H groups in total. The number of hydrogen-bond acceptors (Lipinski definition) is 2. The Morgan fingerprint density at radius 3 is 2.61 bits per heavy atom. The third-order valence-corrected chi connectivity index (χ3v) is 4.53. The van der Waals surface area contributed by atoms with Crippen LogP contribution in [0.4, 0.5) is 4.39 Å². The van der Waals surface area contributed by atoms with E-state index in [0.717, 1.165) is 11.3 Å². The Balaban J connectivity index is 2.13. The molecular formula is C14H14BrFOS. The first kappa shape index (κ1) is 13.7.